The number of hydrogen-bond donors (Lipinski definition) is 1. The van der Waals surface area contributed by atoms with Gasteiger partial charge in [-0.1, -0.05) is 32.0 Å². The molecular weight excluding hydrogens is 226 g/mol. The van der Waals surface area contributed by atoms with Crippen LogP contribution in [0.25, 0.3) is 0 Å². The molecule has 2 rings (SSSR count). The molecule has 1 fully saturated rings. The maximum atomic E-state index is 12.4. The largest absolute Gasteiger partial charge is 0.296 e. The lowest BCUT2D eigenvalue weighted by molar-refractivity contribution is -0.154. The van der Waals surface area contributed by atoms with Gasteiger partial charge in [0.1, 0.15) is 0 Å². The number of rotatable bonds is 3. The Hall–Kier alpha value is -1.35. The highest BCUT2D eigenvalue weighted by molar-refractivity contribution is 5.92. The van der Waals surface area contributed by atoms with Gasteiger partial charge in [0.05, 0.1) is 5.69 Å². The Kier molecular flexibility index (Phi) is 3.44. The number of hydrogen-bond acceptors (Lipinski definition) is 3. The summed E-state index contributed by atoms with van der Waals surface area (Å²) in [6, 6.07) is 9.65. The highest BCUT2D eigenvalue weighted by atomic mass is 16.7. The minimum atomic E-state index is -0.725. The van der Waals surface area contributed by atoms with Crippen LogP contribution in [0.3, 0.4) is 0 Å². The number of Topliss-reactive ketones (excluding diaryl/α,β-unsaturated/α-hetero) is 1. The van der Waals surface area contributed by atoms with Crippen molar-refractivity contribution < 1.29 is 9.63 Å². The number of para-hydroxylation sites is 1. The summed E-state index contributed by atoms with van der Waals surface area (Å²) in [5, 5.41) is 0. The normalized spacial score (nSPS) is 26.9. The fourth-order valence-corrected chi connectivity index (χ4v) is 2.59. The van der Waals surface area contributed by atoms with E-state index in [0.29, 0.717) is 0 Å². The Morgan fingerprint density at radius 2 is 1.78 bits per heavy atom. The van der Waals surface area contributed by atoms with E-state index in [0.717, 1.165) is 24.9 Å². The molecule has 0 radical (unpaired) electrons. The number of ketones is 1. The summed E-state index contributed by atoms with van der Waals surface area (Å²) in [6.07, 6.45) is 2.73. The number of nitrogens with one attached hydrogen (secondary N) is 1. The Morgan fingerprint density at radius 3 is 2.44 bits per heavy atom. The van der Waals surface area contributed by atoms with E-state index in [1.165, 1.54) is 0 Å². The molecule has 1 aromatic rings. The summed E-state index contributed by atoms with van der Waals surface area (Å²) in [6.45, 7) is 5.88. The summed E-state index contributed by atoms with van der Waals surface area (Å²) < 4.78 is 0. The number of carbonyl (C=O) groups excluding carboxylic acids is 1. The van der Waals surface area contributed by atoms with Gasteiger partial charge in [-0.15, -0.1) is 0 Å². The second-order valence-corrected chi connectivity index (χ2v) is 5.87. The molecule has 0 aliphatic heterocycles. The van der Waals surface area contributed by atoms with Crippen LogP contribution in [-0.4, -0.2) is 11.4 Å². The minimum Gasteiger partial charge on any atom is -0.296 e. The molecule has 0 aromatic heterocycles. The standard InChI is InChI=1S/C15H21NO2/c1-14(2)10-7-11-15(3,13(14)17)18-16-12-8-5-4-6-9-12/h4-6,8-9,16H,7,10-11H2,1-3H3. The van der Waals surface area contributed by atoms with Crippen molar-refractivity contribution in [3.63, 3.8) is 0 Å². The molecule has 3 nitrogen and oxygen atoms in total. The van der Waals surface area contributed by atoms with Crippen molar-refractivity contribution in [2.45, 2.75) is 45.6 Å². The molecule has 1 atom stereocenters. The molecule has 1 aliphatic rings. The predicted octanol–water partition coefficient (Wildman–Crippen LogP) is 3.57. The molecule has 1 N–H and O–H groups in total. The van der Waals surface area contributed by atoms with Crippen LogP contribution in [0.1, 0.15) is 40.0 Å². The summed E-state index contributed by atoms with van der Waals surface area (Å²) in [5.41, 5.74) is 2.76. The van der Waals surface area contributed by atoms with Crippen LogP contribution in [0.2, 0.25) is 0 Å². The molecule has 1 aromatic carbocycles. The van der Waals surface area contributed by atoms with Gasteiger partial charge in [0.15, 0.2) is 11.4 Å². The van der Waals surface area contributed by atoms with Crippen molar-refractivity contribution in [2.24, 2.45) is 5.41 Å². The lowest BCUT2D eigenvalue weighted by Crippen LogP contribution is -2.50. The number of anilines is 1. The molecule has 18 heavy (non-hydrogen) atoms. The third-order valence-corrected chi connectivity index (χ3v) is 3.72. The first-order chi connectivity index (χ1) is 8.44. The van der Waals surface area contributed by atoms with Gasteiger partial charge < -0.3 is 0 Å². The van der Waals surface area contributed by atoms with E-state index in [1.807, 2.05) is 51.1 Å². The zero-order valence-corrected chi connectivity index (χ0v) is 11.3. The monoisotopic (exact) mass is 247 g/mol. The molecule has 3 heteroatoms. The second-order valence-electron chi connectivity index (χ2n) is 5.87. The molecule has 1 saturated carbocycles. The highest BCUT2D eigenvalue weighted by Gasteiger charge is 2.47. The Bertz CT molecular complexity index is 427. The molecule has 0 amide bonds. The lowest BCUT2D eigenvalue weighted by Gasteiger charge is -2.40. The van der Waals surface area contributed by atoms with Gasteiger partial charge in [-0.05, 0) is 38.3 Å². The van der Waals surface area contributed by atoms with Crippen molar-refractivity contribution in [3.8, 4) is 0 Å². The fourth-order valence-electron chi connectivity index (χ4n) is 2.59. The average molecular weight is 247 g/mol. The molecule has 0 spiro atoms. The van der Waals surface area contributed by atoms with Crippen LogP contribution < -0.4 is 5.48 Å². The van der Waals surface area contributed by atoms with E-state index < -0.39 is 5.60 Å². The maximum absolute atomic E-state index is 12.4. The van der Waals surface area contributed by atoms with Crippen molar-refractivity contribution in [1.82, 2.24) is 0 Å². The third-order valence-electron chi connectivity index (χ3n) is 3.72. The van der Waals surface area contributed by atoms with Crippen molar-refractivity contribution >= 4 is 11.5 Å². The topological polar surface area (TPSA) is 38.3 Å². The van der Waals surface area contributed by atoms with E-state index in [4.69, 9.17) is 4.84 Å². The van der Waals surface area contributed by atoms with Crippen LogP contribution in [-0.2, 0) is 9.63 Å². The van der Waals surface area contributed by atoms with Crippen LogP contribution in [0.15, 0.2) is 30.3 Å². The van der Waals surface area contributed by atoms with E-state index >= 15 is 0 Å². The number of carbonyl (C=O) groups is 1. The summed E-state index contributed by atoms with van der Waals surface area (Å²) >= 11 is 0. The molecule has 98 valence electrons. The molecule has 1 unspecified atom stereocenters. The smallest absolute Gasteiger partial charge is 0.172 e. The van der Waals surface area contributed by atoms with Gasteiger partial charge >= 0.3 is 0 Å². The molecular formula is C15H21NO2. The van der Waals surface area contributed by atoms with Crippen molar-refractivity contribution in [3.05, 3.63) is 30.3 Å². The molecule has 0 bridgehead atoms. The summed E-state index contributed by atoms with van der Waals surface area (Å²) in [7, 11) is 0. The fraction of sp³-hybridized carbons (Fsp3) is 0.533. The van der Waals surface area contributed by atoms with Gasteiger partial charge in [-0.3, -0.25) is 15.1 Å². The first kappa shape index (κ1) is 13.1. The first-order valence-electron chi connectivity index (χ1n) is 6.48. The highest BCUT2D eigenvalue weighted by Crippen LogP contribution is 2.39. The maximum Gasteiger partial charge on any atom is 0.172 e. The quantitative estimate of drug-likeness (QED) is 0.830. The zero-order chi connectivity index (χ0) is 13.2. The predicted molar refractivity (Wildman–Crippen MR) is 72.2 cm³/mol. The summed E-state index contributed by atoms with van der Waals surface area (Å²) in [4.78, 5) is 18.1. The third kappa shape index (κ3) is 2.56. The molecule has 1 aliphatic carbocycles. The Balaban J connectivity index is 2.05. The lowest BCUT2D eigenvalue weighted by atomic mass is 9.69. The Morgan fingerprint density at radius 1 is 1.11 bits per heavy atom. The second kappa shape index (κ2) is 4.73. The van der Waals surface area contributed by atoms with Crippen molar-refractivity contribution in [2.75, 3.05) is 5.48 Å². The molecule has 0 heterocycles. The van der Waals surface area contributed by atoms with Gasteiger partial charge in [-0.25, -0.2) is 0 Å². The van der Waals surface area contributed by atoms with Crippen LogP contribution in [0.5, 0.6) is 0 Å². The van der Waals surface area contributed by atoms with Crippen LogP contribution >= 0.6 is 0 Å². The zero-order valence-electron chi connectivity index (χ0n) is 11.3. The minimum absolute atomic E-state index is 0.185. The van der Waals surface area contributed by atoms with E-state index in [2.05, 4.69) is 5.48 Å². The average Bonchev–Trinajstić information content (AvgIpc) is 2.35. The Labute approximate surface area is 108 Å². The van der Waals surface area contributed by atoms with E-state index in [9.17, 15) is 4.79 Å². The van der Waals surface area contributed by atoms with Crippen LogP contribution in [0.4, 0.5) is 5.69 Å². The van der Waals surface area contributed by atoms with Gasteiger partial charge in [0.2, 0.25) is 0 Å². The van der Waals surface area contributed by atoms with Gasteiger partial charge in [0.25, 0.3) is 0 Å². The molecule has 0 saturated heterocycles. The number of benzene rings is 1. The summed E-state index contributed by atoms with van der Waals surface area (Å²) in [5.74, 6) is 0.185. The SMILES string of the molecule is CC1(C)CCCC(C)(ONc2ccccc2)C1=O. The van der Waals surface area contributed by atoms with Gasteiger partial charge in [-0.2, -0.15) is 0 Å². The van der Waals surface area contributed by atoms with Crippen LogP contribution in [0, 0.1) is 5.41 Å². The first-order valence-corrected chi connectivity index (χ1v) is 6.48. The van der Waals surface area contributed by atoms with E-state index in [-0.39, 0.29) is 11.2 Å². The van der Waals surface area contributed by atoms with E-state index in [1.54, 1.807) is 0 Å². The van der Waals surface area contributed by atoms with Crippen molar-refractivity contribution in [1.29, 1.82) is 0 Å². The van der Waals surface area contributed by atoms with Gasteiger partial charge in [0, 0.05) is 5.41 Å².